The van der Waals surface area contributed by atoms with Gasteiger partial charge in [0.2, 0.25) is 0 Å². The van der Waals surface area contributed by atoms with Gasteiger partial charge < -0.3 is 10.5 Å². The number of ether oxygens (including phenoxy) is 1. The fraction of sp³-hybridized carbons (Fsp3) is 0.357. The molecule has 0 fully saturated rings. The first-order chi connectivity index (χ1) is 9.06. The molecule has 2 N–H and O–H groups in total. The van der Waals surface area contributed by atoms with Gasteiger partial charge in [-0.1, -0.05) is 23.7 Å². The van der Waals surface area contributed by atoms with Crippen LogP contribution in [0.15, 0.2) is 18.2 Å². The number of nitrogens with two attached hydrogens (primary N) is 1. The molecule has 2 rings (SSSR count). The summed E-state index contributed by atoms with van der Waals surface area (Å²) in [6, 6.07) is 6.02. The van der Waals surface area contributed by atoms with Crippen molar-refractivity contribution in [1.82, 2.24) is 9.78 Å². The Morgan fingerprint density at radius 1 is 1.37 bits per heavy atom. The summed E-state index contributed by atoms with van der Waals surface area (Å²) in [6.07, 6.45) is 0. The minimum absolute atomic E-state index is 0.467. The predicted octanol–water partition coefficient (Wildman–Crippen LogP) is 2.67. The van der Waals surface area contributed by atoms with Crippen LogP contribution in [-0.2, 0) is 13.1 Å². The van der Waals surface area contributed by atoms with Crippen molar-refractivity contribution in [2.24, 2.45) is 5.73 Å². The highest BCUT2D eigenvalue weighted by atomic mass is 35.5. The van der Waals surface area contributed by atoms with E-state index in [9.17, 15) is 0 Å². The Morgan fingerprint density at radius 3 is 2.63 bits per heavy atom. The third-order valence-corrected chi connectivity index (χ3v) is 3.74. The molecule has 1 heterocycles. The van der Waals surface area contributed by atoms with Gasteiger partial charge in [0.1, 0.15) is 5.75 Å². The van der Waals surface area contributed by atoms with Gasteiger partial charge in [0.05, 0.1) is 30.1 Å². The molecule has 5 heteroatoms. The fourth-order valence-electron chi connectivity index (χ4n) is 2.06. The Bertz CT molecular complexity index is 593. The molecule has 102 valence electrons. The Balaban J connectivity index is 2.30. The number of hydrogen-bond donors (Lipinski definition) is 1. The summed E-state index contributed by atoms with van der Waals surface area (Å²) in [4.78, 5) is 0. The lowest BCUT2D eigenvalue weighted by Crippen LogP contribution is -2.06. The van der Waals surface area contributed by atoms with Crippen LogP contribution in [0.1, 0.15) is 22.5 Å². The van der Waals surface area contributed by atoms with Gasteiger partial charge >= 0.3 is 0 Å². The zero-order chi connectivity index (χ0) is 14.0. The van der Waals surface area contributed by atoms with E-state index in [2.05, 4.69) is 5.10 Å². The Hall–Kier alpha value is -1.52. The molecule has 0 unspecified atom stereocenters. The number of aryl methyl sites for hydroxylation is 1. The van der Waals surface area contributed by atoms with Crippen molar-refractivity contribution < 1.29 is 4.74 Å². The van der Waals surface area contributed by atoms with E-state index in [4.69, 9.17) is 22.1 Å². The average Bonchev–Trinajstić information content (AvgIpc) is 2.66. The fourth-order valence-corrected chi connectivity index (χ4v) is 2.19. The van der Waals surface area contributed by atoms with Crippen LogP contribution >= 0.6 is 11.6 Å². The van der Waals surface area contributed by atoms with E-state index in [0.29, 0.717) is 13.1 Å². The van der Waals surface area contributed by atoms with Crippen molar-refractivity contribution in [1.29, 1.82) is 0 Å². The van der Waals surface area contributed by atoms with Crippen LogP contribution in [0.4, 0.5) is 0 Å². The summed E-state index contributed by atoms with van der Waals surface area (Å²) < 4.78 is 7.24. The zero-order valence-corrected chi connectivity index (χ0v) is 12.2. The molecule has 2 aromatic rings. The maximum Gasteiger partial charge on any atom is 0.123 e. The summed E-state index contributed by atoms with van der Waals surface area (Å²) in [7, 11) is 1.65. The maximum absolute atomic E-state index is 6.15. The molecule has 4 nitrogen and oxygen atoms in total. The minimum atomic E-state index is 0.467. The molecular weight excluding hydrogens is 262 g/mol. The molecule has 0 saturated heterocycles. The van der Waals surface area contributed by atoms with Gasteiger partial charge in [-0.05, 0) is 25.5 Å². The highest BCUT2D eigenvalue weighted by Gasteiger charge is 2.10. The summed E-state index contributed by atoms with van der Waals surface area (Å²) in [5, 5.41) is 5.15. The van der Waals surface area contributed by atoms with E-state index in [0.717, 1.165) is 33.3 Å². The summed E-state index contributed by atoms with van der Waals surface area (Å²) in [5.41, 5.74) is 9.59. The van der Waals surface area contributed by atoms with E-state index < -0.39 is 0 Å². The number of aromatic nitrogens is 2. The van der Waals surface area contributed by atoms with Crippen LogP contribution in [0, 0.1) is 13.8 Å². The molecule has 0 saturated carbocycles. The topological polar surface area (TPSA) is 53.1 Å². The number of rotatable bonds is 4. The predicted molar refractivity (Wildman–Crippen MR) is 76.7 cm³/mol. The number of hydrogen-bond acceptors (Lipinski definition) is 3. The SMILES string of the molecule is COc1cc(Cn2nc(C)c(Cl)c2C)ccc1CN. The van der Waals surface area contributed by atoms with Gasteiger partial charge in [-0.2, -0.15) is 5.10 Å². The van der Waals surface area contributed by atoms with Crippen molar-refractivity contribution >= 4 is 11.6 Å². The van der Waals surface area contributed by atoms with Crippen molar-refractivity contribution in [2.75, 3.05) is 7.11 Å². The first-order valence-corrected chi connectivity index (χ1v) is 6.50. The van der Waals surface area contributed by atoms with Crippen LogP contribution in [0.25, 0.3) is 0 Å². The first-order valence-electron chi connectivity index (χ1n) is 6.12. The molecule has 0 radical (unpaired) electrons. The standard InChI is InChI=1S/C14H18ClN3O/c1-9-14(15)10(2)18(17-9)8-11-4-5-12(7-16)13(6-11)19-3/h4-6H,7-8,16H2,1-3H3. The van der Waals surface area contributed by atoms with Gasteiger partial charge in [0, 0.05) is 12.1 Å². The third kappa shape index (κ3) is 2.74. The molecule has 0 atom stereocenters. The summed E-state index contributed by atoms with van der Waals surface area (Å²) in [5.74, 6) is 0.813. The molecular formula is C14H18ClN3O. The molecule has 19 heavy (non-hydrogen) atoms. The maximum atomic E-state index is 6.15. The van der Waals surface area contributed by atoms with Crippen molar-refractivity contribution in [2.45, 2.75) is 26.9 Å². The monoisotopic (exact) mass is 279 g/mol. The molecule has 0 spiro atoms. The van der Waals surface area contributed by atoms with Crippen LogP contribution in [0.3, 0.4) is 0 Å². The zero-order valence-electron chi connectivity index (χ0n) is 11.4. The van der Waals surface area contributed by atoms with Gasteiger partial charge in [-0.25, -0.2) is 0 Å². The Morgan fingerprint density at radius 2 is 2.11 bits per heavy atom. The largest absolute Gasteiger partial charge is 0.496 e. The summed E-state index contributed by atoms with van der Waals surface area (Å²) in [6.45, 7) is 5.01. The molecule has 0 bridgehead atoms. The molecule has 1 aromatic carbocycles. The summed E-state index contributed by atoms with van der Waals surface area (Å²) >= 11 is 6.15. The van der Waals surface area contributed by atoms with E-state index in [1.54, 1.807) is 7.11 Å². The second-order valence-electron chi connectivity index (χ2n) is 4.49. The normalized spacial score (nSPS) is 10.8. The third-order valence-electron chi connectivity index (χ3n) is 3.20. The smallest absolute Gasteiger partial charge is 0.123 e. The molecule has 0 aliphatic carbocycles. The molecule has 0 aliphatic rings. The highest BCUT2D eigenvalue weighted by molar-refractivity contribution is 6.31. The van der Waals surface area contributed by atoms with Gasteiger partial charge in [-0.15, -0.1) is 0 Å². The van der Waals surface area contributed by atoms with Crippen molar-refractivity contribution in [3.8, 4) is 5.75 Å². The van der Waals surface area contributed by atoms with E-state index in [1.807, 2.05) is 36.7 Å². The van der Waals surface area contributed by atoms with Crippen molar-refractivity contribution in [3.63, 3.8) is 0 Å². The Kier molecular flexibility index (Phi) is 4.12. The van der Waals surface area contributed by atoms with E-state index >= 15 is 0 Å². The number of methoxy groups -OCH3 is 1. The number of halogens is 1. The van der Waals surface area contributed by atoms with Crippen LogP contribution in [0.5, 0.6) is 5.75 Å². The van der Waals surface area contributed by atoms with Crippen LogP contribution < -0.4 is 10.5 Å². The second kappa shape index (κ2) is 5.63. The van der Waals surface area contributed by atoms with Crippen LogP contribution in [0.2, 0.25) is 5.02 Å². The van der Waals surface area contributed by atoms with E-state index in [1.165, 1.54) is 0 Å². The first kappa shape index (κ1) is 13.9. The van der Waals surface area contributed by atoms with Gasteiger partial charge in [0.25, 0.3) is 0 Å². The van der Waals surface area contributed by atoms with Crippen molar-refractivity contribution in [3.05, 3.63) is 45.7 Å². The average molecular weight is 280 g/mol. The minimum Gasteiger partial charge on any atom is -0.496 e. The lowest BCUT2D eigenvalue weighted by Gasteiger charge is -2.10. The lowest BCUT2D eigenvalue weighted by atomic mass is 10.1. The highest BCUT2D eigenvalue weighted by Crippen LogP contribution is 2.23. The molecule has 1 aromatic heterocycles. The quantitative estimate of drug-likeness (QED) is 0.936. The number of nitrogens with zero attached hydrogens (tertiary/aromatic N) is 2. The van der Waals surface area contributed by atoms with Gasteiger partial charge in [-0.3, -0.25) is 4.68 Å². The molecule has 0 amide bonds. The number of benzene rings is 1. The van der Waals surface area contributed by atoms with E-state index in [-0.39, 0.29) is 0 Å². The van der Waals surface area contributed by atoms with Gasteiger partial charge in [0.15, 0.2) is 0 Å². The molecule has 0 aliphatic heterocycles. The van der Waals surface area contributed by atoms with Crippen LogP contribution in [-0.4, -0.2) is 16.9 Å². The lowest BCUT2D eigenvalue weighted by molar-refractivity contribution is 0.409. The Labute approximate surface area is 118 Å². The second-order valence-corrected chi connectivity index (χ2v) is 4.87.